The van der Waals surface area contributed by atoms with E-state index in [2.05, 4.69) is 10.4 Å². The Morgan fingerprint density at radius 1 is 1.50 bits per heavy atom. The van der Waals surface area contributed by atoms with Crippen LogP contribution in [0.25, 0.3) is 0 Å². The van der Waals surface area contributed by atoms with Crippen molar-refractivity contribution in [3.8, 4) is 0 Å². The standard InChI is InChI=1S/C14H22N4O2/c1-10(2)18-9-12(7-13(18)19)14(20)16-11(3)8-17-6-4-5-15-17/h4-6,10-12H,7-9H2,1-3H3,(H,16,20)/t11-,12-/m0/s1. The summed E-state index contributed by atoms with van der Waals surface area (Å²) in [5, 5.41) is 7.07. The minimum Gasteiger partial charge on any atom is -0.351 e. The molecule has 0 unspecified atom stereocenters. The molecular weight excluding hydrogens is 256 g/mol. The van der Waals surface area contributed by atoms with Crippen molar-refractivity contribution in [1.82, 2.24) is 20.0 Å². The average molecular weight is 278 g/mol. The molecule has 1 fully saturated rings. The molecule has 110 valence electrons. The number of hydrogen-bond acceptors (Lipinski definition) is 3. The van der Waals surface area contributed by atoms with E-state index >= 15 is 0 Å². The van der Waals surface area contributed by atoms with Crippen molar-refractivity contribution in [2.24, 2.45) is 5.92 Å². The molecule has 0 saturated carbocycles. The Labute approximate surface area is 119 Å². The van der Waals surface area contributed by atoms with Gasteiger partial charge in [0.25, 0.3) is 0 Å². The van der Waals surface area contributed by atoms with E-state index in [1.54, 1.807) is 15.8 Å². The molecule has 0 spiro atoms. The van der Waals surface area contributed by atoms with E-state index in [1.807, 2.05) is 33.0 Å². The lowest BCUT2D eigenvalue weighted by Crippen LogP contribution is -2.41. The highest BCUT2D eigenvalue weighted by atomic mass is 16.2. The fraction of sp³-hybridized carbons (Fsp3) is 0.643. The van der Waals surface area contributed by atoms with Crippen LogP contribution in [0.15, 0.2) is 18.5 Å². The van der Waals surface area contributed by atoms with Crippen LogP contribution >= 0.6 is 0 Å². The van der Waals surface area contributed by atoms with Crippen LogP contribution in [0.4, 0.5) is 0 Å². The Kier molecular flexibility index (Phi) is 4.42. The third kappa shape index (κ3) is 3.37. The zero-order valence-electron chi connectivity index (χ0n) is 12.2. The molecule has 0 aromatic carbocycles. The van der Waals surface area contributed by atoms with Gasteiger partial charge in [-0.05, 0) is 26.8 Å². The molecule has 2 amide bonds. The van der Waals surface area contributed by atoms with Gasteiger partial charge < -0.3 is 10.2 Å². The van der Waals surface area contributed by atoms with Gasteiger partial charge in [-0.15, -0.1) is 0 Å². The lowest BCUT2D eigenvalue weighted by molar-refractivity contribution is -0.130. The highest BCUT2D eigenvalue weighted by molar-refractivity contribution is 5.89. The zero-order chi connectivity index (χ0) is 14.7. The Bertz CT molecular complexity index is 470. The molecule has 0 aliphatic carbocycles. The summed E-state index contributed by atoms with van der Waals surface area (Å²) in [7, 11) is 0. The molecule has 0 radical (unpaired) electrons. The highest BCUT2D eigenvalue weighted by Crippen LogP contribution is 2.20. The molecular formula is C14H22N4O2. The molecule has 0 bridgehead atoms. The van der Waals surface area contributed by atoms with Gasteiger partial charge in [-0.3, -0.25) is 14.3 Å². The smallest absolute Gasteiger partial charge is 0.225 e. The van der Waals surface area contributed by atoms with Gasteiger partial charge in [0.2, 0.25) is 11.8 Å². The number of carbonyl (C=O) groups excluding carboxylic acids is 2. The van der Waals surface area contributed by atoms with Crippen LogP contribution < -0.4 is 5.32 Å². The number of nitrogens with one attached hydrogen (secondary N) is 1. The summed E-state index contributed by atoms with van der Waals surface area (Å²) >= 11 is 0. The van der Waals surface area contributed by atoms with Crippen LogP contribution in [0.5, 0.6) is 0 Å². The van der Waals surface area contributed by atoms with Gasteiger partial charge in [0.1, 0.15) is 0 Å². The van der Waals surface area contributed by atoms with Crippen LogP contribution in [0.3, 0.4) is 0 Å². The minimum atomic E-state index is -0.232. The predicted octanol–water partition coefficient (Wildman–Crippen LogP) is 0.645. The van der Waals surface area contributed by atoms with E-state index in [1.165, 1.54) is 0 Å². The maximum absolute atomic E-state index is 12.2. The molecule has 1 aliphatic heterocycles. The minimum absolute atomic E-state index is 0.00870. The Morgan fingerprint density at radius 2 is 2.25 bits per heavy atom. The van der Waals surface area contributed by atoms with E-state index < -0.39 is 0 Å². The molecule has 6 heteroatoms. The zero-order valence-corrected chi connectivity index (χ0v) is 12.2. The molecule has 1 N–H and O–H groups in total. The van der Waals surface area contributed by atoms with Gasteiger partial charge in [0.05, 0.1) is 12.5 Å². The Morgan fingerprint density at radius 3 is 2.80 bits per heavy atom. The summed E-state index contributed by atoms with van der Waals surface area (Å²) in [6.07, 6.45) is 3.89. The average Bonchev–Trinajstić information content (AvgIpc) is 2.98. The van der Waals surface area contributed by atoms with Crippen molar-refractivity contribution in [2.45, 2.75) is 45.8 Å². The van der Waals surface area contributed by atoms with E-state index in [4.69, 9.17) is 0 Å². The fourth-order valence-corrected chi connectivity index (χ4v) is 2.50. The van der Waals surface area contributed by atoms with Crippen molar-refractivity contribution in [2.75, 3.05) is 6.54 Å². The summed E-state index contributed by atoms with van der Waals surface area (Å²) in [6, 6.07) is 2.00. The molecule has 2 atom stereocenters. The third-order valence-electron chi connectivity index (χ3n) is 3.56. The second-order valence-corrected chi connectivity index (χ2v) is 5.68. The highest BCUT2D eigenvalue weighted by Gasteiger charge is 2.35. The van der Waals surface area contributed by atoms with Gasteiger partial charge in [-0.25, -0.2) is 0 Å². The number of aromatic nitrogens is 2. The summed E-state index contributed by atoms with van der Waals surface area (Å²) < 4.78 is 1.78. The first-order chi connectivity index (χ1) is 9.47. The molecule has 20 heavy (non-hydrogen) atoms. The predicted molar refractivity (Wildman–Crippen MR) is 74.8 cm³/mol. The topological polar surface area (TPSA) is 67.2 Å². The normalized spacial score (nSPS) is 20.5. The number of hydrogen-bond donors (Lipinski definition) is 1. The third-order valence-corrected chi connectivity index (χ3v) is 3.56. The van der Waals surface area contributed by atoms with Crippen molar-refractivity contribution >= 4 is 11.8 Å². The molecule has 1 aromatic heterocycles. The second-order valence-electron chi connectivity index (χ2n) is 5.68. The number of amides is 2. The van der Waals surface area contributed by atoms with E-state index in [0.717, 1.165) is 0 Å². The van der Waals surface area contributed by atoms with Crippen LogP contribution in [-0.2, 0) is 16.1 Å². The molecule has 1 aliphatic rings. The first kappa shape index (κ1) is 14.6. The molecule has 1 aromatic rings. The van der Waals surface area contributed by atoms with Crippen molar-refractivity contribution < 1.29 is 9.59 Å². The first-order valence-electron chi connectivity index (χ1n) is 7.04. The lowest BCUT2D eigenvalue weighted by Gasteiger charge is -2.21. The molecule has 2 rings (SSSR count). The number of carbonyl (C=O) groups is 2. The van der Waals surface area contributed by atoms with E-state index in [-0.39, 0.29) is 29.8 Å². The first-order valence-corrected chi connectivity index (χ1v) is 7.04. The molecule has 2 heterocycles. The van der Waals surface area contributed by atoms with Gasteiger partial charge in [0, 0.05) is 37.4 Å². The quantitative estimate of drug-likeness (QED) is 0.859. The number of rotatable bonds is 5. The summed E-state index contributed by atoms with van der Waals surface area (Å²) in [4.78, 5) is 25.7. The Hall–Kier alpha value is -1.85. The van der Waals surface area contributed by atoms with Crippen molar-refractivity contribution in [1.29, 1.82) is 0 Å². The largest absolute Gasteiger partial charge is 0.351 e. The van der Waals surface area contributed by atoms with E-state index in [0.29, 0.717) is 19.5 Å². The van der Waals surface area contributed by atoms with E-state index in [9.17, 15) is 9.59 Å². The van der Waals surface area contributed by atoms with Gasteiger partial charge in [-0.2, -0.15) is 5.10 Å². The summed E-state index contributed by atoms with van der Waals surface area (Å²) in [5.41, 5.74) is 0. The van der Waals surface area contributed by atoms with Crippen molar-refractivity contribution in [3.05, 3.63) is 18.5 Å². The van der Waals surface area contributed by atoms with Crippen LogP contribution in [-0.4, -0.2) is 45.1 Å². The summed E-state index contributed by atoms with van der Waals surface area (Å²) in [5.74, 6) is -0.203. The van der Waals surface area contributed by atoms with Gasteiger partial charge in [-0.1, -0.05) is 0 Å². The van der Waals surface area contributed by atoms with Gasteiger partial charge >= 0.3 is 0 Å². The summed E-state index contributed by atoms with van der Waals surface area (Å²) in [6.45, 7) is 7.04. The van der Waals surface area contributed by atoms with Gasteiger partial charge in [0.15, 0.2) is 0 Å². The SMILES string of the molecule is CC(C)N1C[C@@H](C(=O)N[C@@H](C)Cn2cccn2)CC1=O. The molecule has 6 nitrogen and oxygen atoms in total. The monoisotopic (exact) mass is 278 g/mol. The van der Waals surface area contributed by atoms with Crippen LogP contribution in [0.1, 0.15) is 27.2 Å². The van der Waals surface area contributed by atoms with Crippen molar-refractivity contribution in [3.63, 3.8) is 0 Å². The number of nitrogens with zero attached hydrogens (tertiary/aromatic N) is 3. The fourth-order valence-electron chi connectivity index (χ4n) is 2.50. The maximum atomic E-state index is 12.2. The Balaban J connectivity index is 1.85. The maximum Gasteiger partial charge on any atom is 0.225 e. The van der Waals surface area contributed by atoms with Crippen LogP contribution in [0, 0.1) is 5.92 Å². The molecule has 1 saturated heterocycles. The van der Waals surface area contributed by atoms with Crippen LogP contribution in [0.2, 0.25) is 0 Å². The second kappa shape index (κ2) is 6.07. The number of likely N-dealkylation sites (tertiary alicyclic amines) is 1. The lowest BCUT2D eigenvalue weighted by atomic mass is 10.1.